The molecule has 1 N–H and O–H groups in total. The Kier molecular flexibility index (Phi) is 4.78. The van der Waals surface area contributed by atoms with Gasteiger partial charge in [0.25, 0.3) is 0 Å². The molecule has 1 heterocycles. The van der Waals surface area contributed by atoms with Crippen molar-refractivity contribution in [1.29, 1.82) is 0 Å². The predicted molar refractivity (Wildman–Crippen MR) is 60.6 cm³/mol. The molecule has 1 aromatic rings. The Morgan fingerprint density at radius 2 is 2.27 bits per heavy atom. The maximum atomic E-state index is 9.96. The lowest BCUT2D eigenvalue weighted by Crippen LogP contribution is -2.17. The summed E-state index contributed by atoms with van der Waals surface area (Å²) in [5, 5.41) is 9.96. The molecule has 0 radical (unpaired) electrons. The Balaban J connectivity index is 2.56. The molecule has 1 aromatic heterocycles. The molecule has 1 unspecified atom stereocenters. The Morgan fingerprint density at radius 1 is 1.53 bits per heavy atom. The van der Waals surface area contributed by atoms with Crippen molar-refractivity contribution >= 4 is 0 Å². The monoisotopic (exact) mass is 211 g/mol. The molecule has 4 heteroatoms. The predicted octanol–water partition coefficient (Wildman–Crippen LogP) is 1.28. The van der Waals surface area contributed by atoms with E-state index in [-0.39, 0.29) is 0 Å². The summed E-state index contributed by atoms with van der Waals surface area (Å²) in [6.45, 7) is 3.92. The molecule has 0 aromatic carbocycles. The molecule has 15 heavy (non-hydrogen) atoms. The summed E-state index contributed by atoms with van der Waals surface area (Å²) in [5.74, 6) is 0.790. The first-order chi connectivity index (χ1) is 7.15. The van der Waals surface area contributed by atoms with Gasteiger partial charge in [0, 0.05) is 25.5 Å². The SMILES string of the molecule is CCCn1ccnc1C(O)CCN(C)C. The van der Waals surface area contributed by atoms with Gasteiger partial charge in [0.05, 0.1) is 0 Å². The second kappa shape index (κ2) is 5.88. The minimum Gasteiger partial charge on any atom is -0.385 e. The lowest BCUT2D eigenvalue weighted by Gasteiger charge is -2.15. The normalized spacial score (nSPS) is 13.4. The molecule has 0 saturated heterocycles. The summed E-state index contributed by atoms with van der Waals surface area (Å²) in [6.07, 6.45) is 5.02. The molecule has 1 atom stereocenters. The highest BCUT2D eigenvalue weighted by atomic mass is 16.3. The molecule has 1 rings (SSSR count). The van der Waals surface area contributed by atoms with Gasteiger partial charge in [0.1, 0.15) is 11.9 Å². The molecule has 0 aliphatic rings. The number of hydrogen-bond donors (Lipinski definition) is 1. The lowest BCUT2D eigenvalue weighted by atomic mass is 10.2. The van der Waals surface area contributed by atoms with E-state index in [1.807, 2.05) is 24.9 Å². The molecule has 0 aliphatic carbocycles. The third kappa shape index (κ3) is 3.64. The van der Waals surface area contributed by atoms with E-state index in [4.69, 9.17) is 0 Å². The maximum absolute atomic E-state index is 9.96. The van der Waals surface area contributed by atoms with Crippen molar-refractivity contribution in [2.75, 3.05) is 20.6 Å². The number of hydrogen-bond acceptors (Lipinski definition) is 3. The second-order valence-electron chi connectivity index (χ2n) is 4.09. The number of aliphatic hydroxyl groups is 1. The number of rotatable bonds is 6. The van der Waals surface area contributed by atoms with Crippen LogP contribution in [-0.2, 0) is 6.54 Å². The van der Waals surface area contributed by atoms with Crippen LogP contribution in [0.2, 0.25) is 0 Å². The first-order valence-electron chi connectivity index (χ1n) is 5.49. The molecule has 0 amide bonds. The first-order valence-corrected chi connectivity index (χ1v) is 5.49. The van der Waals surface area contributed by atoms with E-state index in [1.54, 1.807) is 6.20 Å². The fourth-order valence-corrected chi connectivity index (χ4v) is 1.56. The minimum atomic E-state index is -0.450. The van der Waals surface area contributed by atoms with E-state index in [9.17, 15) is 5.11 Å². The quantitative estimate of drug-likeness (QED) is 0.770. The van der Waals surface area contributed by atoms with Crippen molar-refractivity contribution < 1.29 is 5.11 Å². The van der Waals surface area contributed by atoms with E-state index in [0.717, 1.165) is 31.8 Å². The van der Waals surface area contributed by atoms with Crippen LogP contribution in [0.25, 0.3) is 0 Å². The van der Waals surface area contributed by atoms with Gasteiger partial charge in [-0.2, -0.15) is 0 Å². The third-order valence-electron chi connectivity index (χ3n) is 2.36. The Morgan fingerprint density at radius 3 is 2.87 bits per heavy atom. The number of nitrogens with zero attached hydrogens (tertiary/aromatic N) is 3. The molecular formula is C11H21N3O. The molecule has 0 bridgehead atoms. The summed E-state index contributed by atoms with van der Waals surface area (Å²) in [7, 11) is 4.01. The van der Waals surface area contributed by atoms with Gasteiger partial charge in [-0.15, -0.1) is 0 Å². The van der Waals surface area contributed by atoms with Gasteiger partial charge in [0.2, 0.25) is 0 Å². The average molecular weight is 211 g/mol. The lowest BCUT2D eigenvalue weighted by molar-refractivity contribution is 0.141. The summed E-state index contributed by atoms with van der Waals surface area (Å²) in [5.41, 5.74) is 0. The summed E-state index contributed by atoms with van der Waals surface area (Å²) in [6, 6.07) is 0. The zero-order valence-electron chi connectivity index (χ0n) is 9.85. The molecular weight excluding hydrogens is 190 g/mol. The minimum absolute atomic E-state index is 0.450. The zero-order valence-corrected chi connectivity index (χ0v) is 9.85. The highest BCUT2D eigenvalue weighted by Crippen LogP contribution is 2.15. The summed E-state index contributed by atoms with van der Waals surface area (Å²) in [4.78, 5) is 6.27. The van der Waals surface area contributed by atoms with E-state index >= 15 is 0 Å². The fraction of sp³-hybridized carbons (Fsp3) is 0.727. The average Bonchev–Trinajstić information content (AvgIpc) is 2.63. The Bertz CT molecular complexity index is 283. The molecule has 0 spiro atoms. The van der Waals surface area contributed by atoms with Gasteiger partial charge in [-0.25, -0.2) is 4.98 Å². The van der Waals surface area contributed by atoms with Crippen molar-refractivity contribution in [3.05, 3.63) is 18.2 Å². The Hall–Kier alpha value is -0.870. The van der Waals surface area contributed by atoms with Crippen LogP contribution in [0.15, 0.2) is 12.4 Å². The van der Waals surface area contributed by atoms with Crippen LogP contribution in [-0.4, -0.2) is 40.2 Å². The van der Waals surface area contributed by atoms with Crippen LogP contribution < -0.4 is 0 Å². The number of aliphatic hydroxyl groups excluding tert-OH is 1. The van der Waals surface area contributed by atoms with Gasteiger partial charge in [0.15, 0.2) is 0 Å². The summed E-state index contributed by atoms with van der Waals surface area (Å²) < 4.78 is 2.03. The van der Waals surface area contributed by atoms with E-state index in [0.29, 0.717) is 0 Å². The van der Waals surface area contributed by atoms with Crippen LogP contribution in [0.5, 0.6) is 0 Å². The van der Waals surface area contributed by atoms with Crippen LogP contribution in [0.4, 0.5) is 0 Å². The van der Waals surface area contributed by atoms with E-state index in [2.05, 4.69) is 16.8 Å². The van der Waals surface area contributed by atoms with Crippen molar-refractivity contribution in [3.8, 4) is 0 Å². The topological polar surface area (TPSA) is 41.3 Å². The molecule has 86 valence electrons. The van der Waals surface area contributed by atoms with E-state index < -0.39 is 6.10 Å². The van der Waals surface area contributed by atoms with Gasteiger partial charge in [-0.05, 0) is 26.9 Å². The summed E-state index contributed by atoms with van der Waals surface area (Å²) >= 11 is 0. The molecule has 0 aliphatic heterocycles. The molecule has 0 saturated carbocycles. The van der Waals surface area contributed by atoms with Crippen molar-refractivity contribution in [3.63, 3.8) is 0 Å². The number of imidazole rings is 1. The van der Waals surface area contributed by atoms with Crippen LogP contribution in [0, 0.1) is 0 Å². The van der Waals surface area contributed by atoms with Crippen molar-refractivity contribution in [2.24, 2.45) is 0 Å². The fourth-order valence-electron chi connectivity index (χ4n) is 1.56. The largest absolute Gasteiger partial charge is 0.385 e. The smallest absolute Gasteiger partial charge is 0.137 e. The van der Waals surface area contributed by atoms with Crippen LogP contribution >= 0.6 is 0 Å². The number of aryl methyl sites for hydroxylation is 1. The molecule has 4 nitrogen and oxygen atoms in total. The van der Waals surface area contributed by atoms with Gasteiger partial charge in [-0.3, -0.25) is 0 Å². The van der Waals surface area contributed by atoms with Gasteiger partial charge < -0.3 is 14.6 Å². The Labute approximate surface area is 91.5 Å². The second-order valence-corrected chi connectivity index (χ2v) is 4.09. The van der Waals surface area contributed by atoms with Gasteiger partial charge in [-0.1, -0.05) is 6.92 Å². The standard InChI is InChI=1S/C11H21N3O/c1-4-7-14-9-6-12-11(14)10(15)5-8-13(2)3/h6,9-10,15H,4-5,7-8H2,1-3H3. The first kappa shape index (κ1) is 12.2. The molecule has 0 fully saturated rings. The number of aromatic nitrogens is 2. The van der Waals surface area contributed by atoms with Crippen molar-refractivity contribution in [1.82, 2.24) is 14.5 Å². The van der Waals surface area contributed by atoms with Crippen LogP contribution in [0.3, 0.4) is 0 Å². The van der Waals surface area contributed by atoms with E-state index in [1.165, 1.54) is 0 Å². The third-order valence-corrected chi connectivity index (χ3v) is 2.36. The zero-order chi connectivity index (χ0) is 11.3. The van der Waals surface area contributed by atoms with Crippen molar-refractivity contribution in [2.45, 2.75) is 32.4 Å². The van der Waals surface area contributed by atoms with Crippen LogP contribution in [0.1, 0.15) is 31.7 Å². The maximum Gasteiger partial charge on any atom is 0.137 e. The highest BCUT2D eigenvalue weighted by molar-refractivity contribution is 4.96. The highest BCUT2D eigenvalue weighted by Gasteiger charge is 2.13. The van der Waals surface area contributed by atoms with Gasteiger partial charge >= 0.3 is 0 Å².